The minimum absolute atomic E-state index is 0. The molecule has 0 atom stereocenters. The number of hydrogen-bond acceptors (Lipinski definition) is 7. The van der Waals surface area contributed by atoms with E-state index < -0.39 is 5.91 Å². The van der Waals surface area contributed by atoms with E-state index in [2.05, 4.69) is 49.0 Å². The molecule has 2 aliphatic heterocycles. The monoisotopic (exact) mass is 993 g/mol. The van der Waals surface area contributed by atoms with E-state index in [4.69, 9.17) is 0 Å². The third-order valence-electron chi connectivity index (χ3n) is 2.36. The number of alkyl halides is 1. The predicted molar refractivity (Wildman–Crippen MR) is 93.5 cm³/mol. The van der Waals surface area contributed by atoms with Crippen LogP contribution in [-0.2, 0) is 30.1 Å². The molecule has 12 heteroatoms. The average molecular weight is 992 g/mol. The number of rotatable bonds is 3. The number of nitrogens with one attached hydrogen (secondary N) is 1. The van der Waals surface area contributed by atoms with Crippen molar-refractivity contribution in [3.63, 3.8) is 0 Å². The van der Waals surface area contributed by atoms with Gasteiger partial charge in [-0.15, -0.1) is 11.5 Å². The van der Waals surface area contributed by atoms with Gasteiger partial charge in [0.25, 0.3) is 0 Å². The molecule has 0 spiro atoms. The Morgan fingerprint density at radius 3 is 2.29 bits per heavy atom. The van der Waals surface area contributed by atoms with Gasteiger partial charge in [0.05, 0.1) is 18.9 Å². The zero-order valence-electron chi connectivity index (χ0n) is 13.3. The smallest absolute Gasteiger partial charge is 0 e. The van der Waals surface area contributed by atoms with Crippen molar-refractivity contribution in [2.75, 3.05) is 31.1 Å². The van der Waals surface area contributed by atoms with Crippen LogP contribution in [0.1, 0.15) is 21.3 Å². The summed E-state index contributed by atoms with van der Waals surface area (Å²) in [5.41, 5.74) is 0. The Morgan fingerprint density at radius 2 is 2.00 bits per heavy atom. The fourth-order valence-corrected chi connectivity index (χ4v) is 1.48. The summed E-state index contributed by atoms with van der Waals surface area (Å²) in [6.45, 7) is 7.58. The molecule has 0 bridgehead atoms. The molecule has 0 fully saturated rings. The molecule has 0 aromatic heterocycles. The minimum Gasteiger partial charge on any atom is 0 e. The fourth-order valence-electron chi connectivity index (χ4n) is 1.48. The van der Waals surface area contributed by atoms with Gasteiger partial charge in [-0.05, 0) is 13.8 Å². The van der Waals surface area contributed by atoms with E-state index >= 15 is 0 Å². The molecule has 2 aliphatic rings. The first-order valence-electron chi connectivity index (χ1n) is 6.06. The topological polar surface area (TPSA) is 95.7 Å². The molecule has 0 aromatic rings. The van der Waals surface area contributed by atoms with Crippen LogP contribution >= 0.6 is 18.6 Å². The Morgan fingerprint density at radius 1 is 1.42 bits per heavy atom. The molecule has 1 N–H and O–H groups in total. The number of amides is 1. The molecule has 2 rings (SSSR count). The van der Waals surface area contributed by atoms with Gasteiger partial charge < -0.3 is 19.8 Å². The second-order valence-electron chi connectivity index (χ2n) is 3.75. The first kappa shape index (κ1) is 30.8. The van der Waals surface area contributed by atoms with Crippen molar-refractivity contribution in [3.05, 3.63) is 11.5 Å². The summed E-state index contributed by atoms with van der Waals surface area (Å²) in [5.74, 6) is 1.30. The van der Waals surface area contributed by atoms with Crippen LogP contribution in [0.15, 0.2) is 15.3 Å². The van der Waals surface area contributed by atoms with E-state index in [1.165, 1.54) is 4.90 Å². The SMILES string of the molecule is C.CC1=NCCN1.CC1=NCCN1C(=O)[CH-]ON=O.C[I-]I.[Re].[Rf]. The Bertz CT molecular complexity index is 403. The van der Waals surface area contributed by atoms with Gasteiger partial charge in [-0.1, -0.05) is 7.43 Å². The van der Waals surface area contributed by atoms with Crippen LogP contribution in [-0.4, -0.2) is 53.6 Å². The summed E-state index contributed by atoms with van der Waals surface area (Å²) >= 11 is 2.96. The number of carbonyl (C=O) groups is 1. The van der Waals surface area contributed by atoms with E-state index in [0.29, 0.717) is 36.2 Å². The summed E-state index contributed by atoms with van der Waals surface area (Å²) in [7, 11) is 0. The summed E-state index contributed by atoms with van der Waals surface area (Å²) in [5, 5.41) is 5.15. The van der Waals surface area contributed by atoms with Crippen LogP contribution < -0.4 is 22.5 Å². The van der Waals surface area contributed by atoms with Gasteiger partial charge in [0, 0.05) is 33.5 Å². The molecule has 0 unspecified atom stereocenters. The van der Waals surface area contributed by atoms with Crippen LogP contribution in [0.2, 0.25) is 0 Å². The van der Waals surface area contributed by atoms with Gasteiger partial charge in [-0.3, -0.25) is 9.98 Å². The van der Waals surface area contributed by atoms with Crippen LogP contribution in [0, 0.1) is 11.5 Å². The zero-order valence-corrected chi connectivity index (χ0v) is 26.7. The standard InChI is InChI=1S/C6H8N3O3.C4H8N2.CH3I2.CH4.Re.Rf/c1-5-7-2-3-9(5)6(10)4-12-8-11;1-4-5-2-3-6-4;1-3-2;;;/h4H,2-3H2,1H3;2-3H2,1H3,(H,5,6);1H3;1H4;;/q-1;;-1;;;. The van der Waals surface area contributed by atoms with Crippen LogP contribution in [0.25, 0.3) is 0 Å². The van der Waals surface area contributed by atoms with Gasteiger partial charge in [-0.2, -0.15) is 0 Å². The zero-order chi connectivity index (χ0) is 16.1. The van der Waals surface area contributed by atoms with E-state index in [1.54, 1.807) is 6.92 Å². The van der Waals surface area contributed by atoms with Gasteiger partial charge >= 0.3 is 40.8 Å². The maximum Gasteiger partial charge on any atom is 0 e. The van der Waals surface area contributed by atoms with E-state index in [9.17, 15) is 9.70 Å². The molecule has 0 aromatic carbocycles. The number of aliphatic imine (C=N–C) groups is 2. The maximum atomic E-state index is 11.1. The number of halogens is 2. The van der Waals surface area contributed by atoms with Gasteiger partial charge in [0.15, 0.2) is 0 Å². The quantitative estimate of drug-likeness (QED) is 0.127. The molecule has 24 heavy (non-hydrogen) atoms. The molecule has 1 radical (unpaired) electrons. The number of carbonyl (C=O) groups excluding carboxylic acids is 1. The van der Waals surface area contributed by atoms with E-state index in [-0.39, 0.29) is 27.8 Å². The second kappa shape index (κ2) is 20.0. The van der Waals surface area contributed by atoms with Crippen LogP contribution in [0.3, 0.4) is 0 Å². The van der Waals surface area contributed by atoms with Gasteiger partial charge in [-0.25, -0.2) is 0 Å². The van der Waals surface area contributed by atoms with Crippen LogP contribution in [0.5, 0.6) is 0 Å². The Labute approximate surface area is 171 Å². The summed E-state index contributed by atoms with van der Waals surface area (Å²) in [4.78, 5) is 36.2. The molecule has 0 saturated heterocycles. The number of nitrogens with zero attached hydrogens (tertiary/aromatic N) is 4. The Kier molecular flexibility index (Phi) is 25.8. The summed E-state index contributed by atoms with van der Waals surface area (Å²) in [6.07, 6.45) is 0. The van der Waals surface area contributed by atoms with E-state index in [1.807, 2.05) is 6.92 Å². The van der Waals surface area contributed by atoms with Crippen molar-refractivity contribution in [2.24, 2.45) is 15.3 Å². The predicted octanol–water partition coefficient (Wildman–Crippen LogP) is -1.20. The normalized spacial score (nSPS) is 13.6. The largest absolute Gasteiger partial charge is 0 e. The van der Waals surface area contributed by atoms with Crippen molar-refractivity contribution >= 4 is 36.2 Å². The average Bonchev–Trinajstić information content (AvgIpc) is 3.09. The van der Waals surface area contributed by atoms with E-state index in [0.717, 1.165) is 25.5 Å². The molecule has 0 saturated carbocycles. The van der Waals surface area contributed by atoms with Crippen molar-refractivity contribution in [1.29, 1.82) is 0 Å². The second-order valence-corrected chi connectivity index (χ2v) is 10.0. The number of amidine groups is 2. The van der Waals surface area contributed by atoms with Crippen molar-refractivity contribution in [3.8, 4) is 0 Å². The van der Waals surface area contributed by atoms with Gasteiger partial charge in [0.1, 0.15) is 17.1 Å². The minimum atomic E-state index is -0.409. The van der Waals surface area contributed by atoms with Crippen molar-refractivity contribution in [2.45, 2.75) is 21.3 Å². The molecular formula is C12H23I2N5O3ReRf-2. The number of hydrogen-bond donors (Lipinski definition) is 1. The maximum absolute atomic E-state index is 11.1. The van der Waals surface area contributed by atoms with Crippen LogP contribution in [0.4, 0.5) is 0 Å². The summed E-state index contributed by atoms with van der Waals surface area (Å²) in [6, 6.07) is 0. The summed E-state index contributed by atoms with van der Waals surface area (Å²) < 4.78 is 0. The Balaban J connectivity index is -0.000000143. The molecular weight excluding hydrogens is 969 g/mol. The fraction of sp³-hybridized carbons (Fsp3) is 0.667. The third-order valence-corrected chi connectivity index (χ3v) is 2.36. The molecule has 2 heterocycles. The first-order valence-corrected chi connectivity index (χ1v) is 14.5. The third kappa shape index (κ3) is 14.6. The van der Waals surface area contributed by atoms with Crippen molar-refractivity contribution < 1.29 is 47.3 Å². The Hall–Kier alpha value is -0.998. The molecule has 1 amide bonds. The van der Waals surface area contributed by atoms with Crippen molar-refractivity contribution in [1.82, 2.24) is 10.2 Å². The molecule has 0 aliphatic carbocycles. The first-order chi connectivity index (χ1) is 10.1. The molecule has 139 valence electrons. The van der Waals surface area contributed by atoms with Gasteiger partial charge in [0.2, 0.25) is 0 Å². The molecule has 8 nitrogen and oxygen atoms in total.